The van der Waals surface area contributed by atoms with E-state index < -0.39 is 16.1 Å². The molecule has 1 amide bonds. The maximum Gasteiger partial charge on any atom is 0.241 e. The van der Waals surface area contributed by atoms with Gasteiger partial charge >= 0.3 is 0 Å². The number of fused-ring (bicyclic) bond motifs is 1. The Kier molecular flexibility index (Phi) is 6.64. The fourth-order valence-corrected chi connectivity index (χ4v) is 3.92. The minimum absolute atomic E-state index is 0.179. The lowest BCUT2D eigenvalue weighted by Crippen LogP contribution is -2.42. The van der Waals surface area contributed by atoms with Crippen LogP contribution in [0.4, 0.5) is 5.69 Å². The molecule has 3 rings (SSSR count). The Morgan fingerprint density at radius 3 is 2.34 bits per heavy atom. The predicted octanol–water partition coefficient (Wildman–Crippen LogP) is 3.04. The van der Waals surface area contributed by atoms with Gasteiger partial charge in [0.05, 0.1) is 10.9 Å². The molecule has 0 fully saturated rings. The summed E-state index contributed by atoms with van der Waals surface area (Å²) in [5.41, 5.74) is 1.72. The highest BCUT2D eigenvalue weighted by Crippen LogP contribution is 2.18. The lowest BCUT2D eigenvalue weighted by molar-refractivity contribution is -0.117. The fourth-order valence-electron chi connectivity index (χ4n) is 2.89. The number of hydrogen-bond acceptors (Lipinski definition) is 4. The van der Waals surface area contributed by atoms with E-state index in [0.717, 1.165) is 22.0 Å². The molecule has 0 bridgehead atoms. The third-order valence-electron chi connectivity index (χ3n) is 4.61. The van der Waals surface area contributed by atoms with Gasteiger partial charge in [-0.25, -0.2) is 13.1 Å². The maximum atomic E-state index is 12.4. The van der Waals surface area contributed by atoms with Crippen LogP contribution in [0.5, 0.6) is 0 Å². The smallest absolute Gasteiger partial charge is 0.241 e. The van der Waals surface area contributed by atoms with E-state index in [1.807, 2.05) is 49.4 Å². The summed E-state index contributed by atoms with van der Waals surface area (Å²) in [7, 11) is -3.56. The minimum atomic E-state index is -3.56. The number of benzene rings is 3. The van der Waals surface area contributed by atoms with Crippen LogP contribution in [-0.4, -0.2) is 33.5 Å². The first-order valence-corrected chi connectivity index (χ1v) is 10.9. The number of aryl methyl sites for hydroxylation is 1. The van der Waals surface area contributed by atoms with E-state index in [1.165, 1.54) is 0 Å². The van der Waals surface area contributed by atoms with Crippen LogP contribution in [-0.2, 0) is 14.8 Å². The zero-order chi connectivity index (χ0) is 20.9. The van der Waals surface area contributed by atoms with Gasteiger partial charge in [0.1, 0.15) is 0 Å². The topological polar surface area (TPSA) is 87.3 Å². The van der Waals surface area contributed by atoms with E-state index in [-0.39, 0.29) is 17.3 Å². The molecule has 0 radical (unpaired) electrons. The van der Waals surface area contributed by atoms with Gasteiger partial charge in [0.15, 0.2) is 0 Å². The van der Waals surface area contributed by atoms with Crippen LogP contribution in [0, 0.1) is 6.92 Å². The second kappa shape index (κ2) is 9.17. The van der Waals surface area contributed by atoms with Crippen LogP contribution in [0.3, 0.4) is 0 Å². The Labute approximate surface area is 171 Å². The Morgan fingerprint density at radius 2 is 1.62 bits per heavy atom. The quantitative estimate of drug-likeness (QED) is 0.497. The summed E-state index contributed by atoms with van der Waals surface area (Å²) in [5.74, 6) is -0.179. The lowest BCUT2D eigenvalue weighted by atomic mass is 10.1. The molecule has 29 heavy (non-hydrogen) atoms. The Balaban J connectivity index is 1.47. The van der Waals surface area contributed by atoms with Crippen LogP contribution in [0.15, 0.2) is 71.6 Å². The molecule has 0 saturated carbocycles. The predicted molar refractivity (Wildman–Crippen MR) is 116 cm³/mol. The molecule has 6 nitrogen and oxygen atoms in total. The Morgan fingerprint density at radius 1 is 0.931 bits per heavy atom. The molecular weight excluding hydrogens is 386 g/mol. The average Bonchev–Trinajstić information content (AvgIpc) is 2.71. The first-order chi connectivity index (χ1) is 13.8. The lowest BCUT2D eigenvalue weighted by Gasteiger charge is -2.15. The molecule has 7 heteroatoms. The van der Waals surface area contributed by atoms with E-state index in [0.29, 0.717) is 6.54 Å². The summed E-state index contributed by atoms with van der Waals surface area (Å²) >= 11 is 0. The van der Waals surface area contributed by atoms with Crippen molar-refractivity contribution in [2.24, 2.45) is 0 Å². The van der Waals surface area contributed by atoms with E-state index >= 15 is 0 Å². The fraction of sp³-hybridized carbons (Fsp3) is 0.227. The van der Waals surface area contributed by atoms with Crippen LogP contribution in [0.1, 0.15) is 12.5 Å². The number of hydrogen-bond donors (Lipinski definition) is 3. The van der Waals surface area contributed by atoms with Gasteiger partial charge in [0.2, 0.25) is 15.9 Å². The van der Waals surface area contributed by atoms with Crippen molar-refractivity contribution in [1.82, 2.24) is 10.0 Å². The van der Waals surface area contributed by atoms with Crippen LogP contribution < -0.4 is 15.4 Å². The van der Waals surface area contributed by atoms with Crippen molar-refractivity contribution in [3.8, 4) is 0 Å². The van der Waals surface area contributed by atoms with Crippen LogP contribution in [0.25, 0.3) is 10.8 Å². The molecule has 1 unspecified atom stereocenters. The van der Waals surface area contributed by atoms with Crippen molar-refractivity contribution in [2.75, 3.05) is 18.4 Å². The van der Waals surface area contributed by atoms with Gasteiger partial charge in [-0.3, -0.25) is 4.79 Å². The molecule has 3 N–H and O–H groups in total. The third kappa shape index (κ3) is 5.63. The van der Waals surface area contributed by atoms with Gasteiger partial charge < -0.3 is 10.6 Å². The molecule has 152 valence electrons. The molecule has 0 saturated heterocycles. The maximum absolute atomic E-state index is 12.4. The molecule has 1 atom stereocenters. The zero-order valence-corrected chi connectivity index (χ0v) is 17.3. The van der Waals surface area contributed by atoms with Crippen LogP contribution in [0.2, 0.25) is 0 Å². The van der Waals surface area contributed by atoms with E-state index in [4.69, 9.17) is 0 Å². The normalized spacial score (nSPS) is 12.6. The number of anilines is 1. The van der Waals surface area contributed by atoms with Gasteiger partial charge in [0.25, 0.3) is 0 Å². The van der Waals surface area contributed by atoms with Crippen LogP contribution >= 0.6 is 0 Å². The number of amides is 1. The molecule has 0 aliphatic rings. The summed E-state index contributed by atoms with van der Waals surface area (Å²) in [5, 5.41) is 8.08. The monoisotopic (exact) mass is 411 g/mol. The number of nitrogens with one attached hydrogen (secondary N) is 3. The highest BCUT2D eigenvalue weighted by Gasteiger charge is 2.15. The number of carbonyl (C=O) groups is 1. The first kappa shape index (κ1) is 21.0. The molecule has 0 spiro atoms. The van der Waals surface area contributed by atoms with Gasteiger partial charge in [-0.1, -0.05) is 48.0 Å². The summed E-state index contributed by atoms with van der Waals surface area (Å²) in [6.07, 6.45) is 0. The summed E-state index contributed by atoms with van der Waals surface area (Å²) < 4.78 is 27.0. The molecule has 0 heterocycles. The number of sulfonamides is 1. The van der Waals surface area contributed by atoms with Crippen molar-refractivity contribution in [3.05, 3.63) is 72.3 Å². The van der Waals surface area contributed by atoms with Crippen molar-refractivity contribution in [2.45, 2.75) is 24.8 Å². The number of carbonyl (C=O) groups excluding carboxylic acids is 1. The Bertz CT molecular complexity index is 1100. The van der Waals surface area contributed by atoms with E-state index in [2.05, 4.69) is 15.4 Å². The van der Waals surface area contributed by atoms with Gasteiger partial charge in [-0.2, -0.15) is 0 Å². The molecule has 0 aliphatic carbocycles. The van der Waals surface area contributed by atoms with E-state index in [9.17, 15) is 13.2 Å². The second-order valence-electron chi connectivity index (χ2n) is 6.94. The van der Waals surface area contributed by atoms with Crippen molar-refractivity contribution >= 4 is 32.4 Å². The largest absolute Gasteiger partial charge is 0.325 e. The van der Waals surface area contributed by atoms with Gasteiger partial charge in [-0.05, 0) is 48.9 Å². The van der Waals surface area contributed by atoms with Crippen molar-refractivity contribution in [1.29, 1.82) is 0 Å². The summed E-state index contributed by atoms with van der Waals surface area (Å²) in [4.78, 5) is 12.6. The van der Waals surface area contributed by atoms with Gasteiger partial charge in [0, 0.05) is 18.8 Å². The van der Waals surface area contributed by atoms with Gasteiger partial charge in [-0.15, -0.1) is 0 Å². The molecule has 3 aromatic rings. The molecule has 0 aromatic heterocycles. The Hall–Kier alpha value is -2.74. The number of rotatable bonds is 8. The summed E-state index contributed by atoms with van der Waals surface area (Å²) in [6, 6.07) is 19.9. The first-order valence-electron chi connectivity index (χ1n) is 9.44. The van der Waals surface area contributed by atoms with Crippen molar-refractivity contribution in [3.63, 3.8) is 0 Å². The standard InChI is InChI=1S/C22H25N3O3S/c1-16-7-11-21(12-8-16)29(27,28)24-14-13-23-17(2)22(26)25-20-10-9-18-5-3-4-6-19(18)15-20/h3-12,15,17,23-24H,13-14H2,1-2H3,(H,25,26). The highest BCUT2D eigenvalue weighted by atomic mass is 32.2. The van der Waals surface area contributed by atoms with E-state index in [1.54, 1.807) is 31.2 Å². The SMILES string of the molecule is Cc1ccc(S(=O)(=O)NCCNC(C)C(=O)Nc2ccc3ccccc3c2)cc1. The second-order valence-corrected chi connectivity index (χ2v) is 8.70. The zero-order valence-electron chi connectivity index (χ0n) is 16.5. The third-order valence-corrected chi connectivity index (χ3v) is 6.09. The minimum Gasteiger partial charge on any atom is -0.325 e. The molecule has 0 aliphatic heterocycles. The molecular formula is C22H25N3O3S. The van der Waals surface area contributed by atoms with Crippen molar-refractivity contribution < 1.29 is 13.2 Å². The molecule has 3 aromatic carbocycles. The summed E-state index contributed by atoms with van der Waals surface area (Å²) in [6.45, 7) is 4.16. The highest BCUT2D eigenvalue weighted by molar-refractivity contribution is 7.89. The average molecular weight is 412 g/mol.